The number of hydrogen-bond donors (Lipinski definition) is 2. The molecule has 0 unspecified atom stereocenters. The summed E-state index contributed by atoms with van der Waals surface area (Å²) in [6.45, 7) is 2.17. The molecule has 0 aromatic heterocycles. The van der Waals surface area contributed by atoms with E-state index >= 15 is 0 Å². The van der Waals surface area contributed by atoms with Crippen LogP contribution in [0.25, 0.3) is 0 Å². The van der Waals surface area contributed by atoms with Crippen molar-refractivity contribution in [3.63, 3.8) is 0 Å². The third-order valence-corrected chi connectivity index (χ3v) is 3.16. The predicted octanol–water partition coefficient (Wildman–Crippen LogP) is 3.32. The molecule has 2 N–H and O–H groups in total. The van der Waals surface area contributed by atoms with E-state index in [-0.39, 0.29) is 0 Å². The van der Waals surface area contributed by atoms with Crippen molar-refractivity contribution in [1.82, 2.24) is 5.32 Å². The van der Waals surface area contributed by atoms with Gasteiger partial charge in [0, 0.05) is 17.6 Å². The van der Waals surface area contributed by atoms with Crippen LogP contribution in [0.15, 0.2) is 53.0 Å². The summed E-state index contributed by atoms with van der Waals surface area (Å²) in [5.41, 5.74) is 1.14. The molecule has 0 aliphatic carbocycles. The van der Waals surface area contributed by atoms with Crippen LogP contribution >= 0.6 is 15.9 Å². The second-order valence-corrected chi connectivity index (χ2v) is 5.06. The average molecular weight is 322 g/mol. The van der Waals surface area contributed by atoms with Crippen LogP contribution in [0.4, 0.5) is 0 Å². The minimum absolute atomic E-state index is 0.294. The van der Waals surface area contributed by atoms with E-state index in [1.165, 1.54) is 0 Å². The van der Waals surface area contributed by atoms with E-state index in [0.29, 0.717) is 12.4 Å². The molecule has 0 aliphatic heterocycles. The van der Waals surface area contributed by atoms with Crippen LogP contribution in [0.5, 0.6) is 11.5 Å². The Hall–Kier alpha value is -1.52. The highest BCUT2D eigenvalue weighted by atomic mass is 79.9. The summed E-state index contributed by atoms with van der Waals surface area (Å²) >= 11 is 3.38. The molecular formula is C15H16BrNO2. The molecule has 0 amide bonds. The Bertz CT molecular complexity index is 449. The number of nitrogens with one attached hydrogen (secondary N) is 1. The molecule has 2 aromatic carbocycles. The molecular weight excluding hydrogens is 306 g/mol. The number of benzene rings is 2. The van der Waals surface area contributed by atoms with E-state index in [0.717, 1.165) is 28.9 Å². The maximum absolute atomic E-state index is 9.17. The summed E-state index contributed by atoms with van der Waals surface area (Å²) < 4.78 is 6.64. The van der Waals surface area contributed by atoms with Crippen molar-refractivity contribution in [3.05, 3.63) is 58.6 Å². The van der Waals surface area contributed by atoms with Crippen molar-refractivity contribution < 1.29 is 9.84 Å². The first-order valence-corrected chi connectivity index (χ1v) is 6.90. The Morgan fingerprint density at radius 2 is 1.68 bits per heavy atom. The summed E-state index contributed by atoms with van der Waals surface area (Å²) in [4.78, 5) is 0. The first kappa shape index (κ1) is 13.9. The minimum atomic E-state index is 0.294. The second kappa shape index (κ2) is 7.16. The van der Waals surface area contributed by atoms with Gasteiger partial charge in [-0.25, -0.2) is 0 Å². The Balaban J connectivity index is 1.64. The SMILES string of the molecule is Oc1ccc(CNCCOc2ccc(Br)cc2)cc1. The molecule has 0 bridgehead atoms. The number of ether oxygens (including phenoxy) is 1. The molecule has 2 rings (SSSR count). The summed E-state index contributed by atoms with van der Waals surface area (Å²) in [5.74, 6) is 1.16. The van der Waals surface area contributed by atoms with Crippen molar-refractivity contribution in [2.75, 3.05) is 13.2 Å². The van der Waals surface area contributed by atoms with Gasteiger partial charge in [-0.1, -0.05) is 28.1 Å². The van der Waals surface area contributed by atoms with Gasteiger partial charge in [-0.3, -0.25) is 0 Å². The van der Waals surface area contributed by atoms with E-state index in [1.54, 1.807) is 12.1 Å². The van der Waals surface area contributed by atoms with Gasteiger partial charge in [-0.15, -0.1) is 0 Å². The van der Waals surface area contributed by atoms with Gasteiger partial charge in [0.05, 0.1) is 0 Å². The number of rotatable bonds is 6. The van der Waals surface area contributed by atoms with E-state index in [1.807, 2.05) is 36.4 Å². The normalized spacial score (nSPS) is 10.4. The number of phenolic OH excluding ortho intramolecular Hbond substituents is 1. The van der Waals surface area contributed by atoms with Crippen LogP contribution in [0, 0.1) is 0 Å². The Morgan fingerprint density at radius 3 is 2.37 bits per heavy atom. The minimum Gasteiger partial charge on any atom is -0.508 e. The number of halogens is 1. The van der Waals surface area contributed by atoms with E-state index in [4.69, 9.17) is 9.84 Å². The van der Waals surface area contributed by atoms with Crippen molar-refractivity contribution in [1.29, 1.82) is 0 Å². The lowest BCUT2D eigenvalue weighted by Gasteiger charge is -2.08. The molecule has 3 nitrogen and oxygen atoms in total. The molecule has 0 fully saturated rings. The highest BCUT2D eigenvalue weighted by molar-refractivity contribution is 9.10. The Kier molecular flexibility index (Phi) is 5.24. The van der Waals surface area contributed by atoms with Crippen LogP contribution in [-0.4, -0.2) is 18.3 Å². The van der Waals surface area contributed by atoms with E-state index < -0.39 is 0 Å². The van der Waals surface area contributed by atoms with Crippen molar-refractivity contribution in [3.8, 4) is 11.5 Å². The van der Waals surface area contributed by atoms with Crippen LogP contribution in [-0.2, 0) is 6.54 Å². The number of phenols is 1. The van der Waals surface area contributed by atoms with Gasteiger partial charge < -0.3 is 15.2 Å². The van der Waals surface area contributed by atoms with Crippen LogP contribution < -0.4 is 10.1 Å². The van der Waals surface area contributed by atoms with Gasteiger partial charge >= 0.3 is 0 Å². The zero-order valence-electron chi connectivity index (χ0n) is 10.5. The molecule has 0 heterocycles. The lowest BCUT2D eigenvalue weighted by Crippen LogP contribution is -2.20. The molecule has 4 heteroatoms. The van der Waals surface area contributed by atoms with Crippen LogP contribution in [0.1, 0.15) is 5.56 Å². The largest absolute Gasteiger partial charge is 0.508 e. The van der Waals surface area contributed by atoms with Crippen molar-refractivity contribution in [2.24, 2.45) is 0 Å². The number of hydrogen-bond acceptors (Lipinski definition) is 3. The molecule has 100 valence electrons. The molecule has 0 aliphatic rings. The van der Waals surface area contributed by atoms with Gasteiger partial charge in [0.1, 0.15) is 18.1 Å². The highest BCUT2D eigenvalue weighted by Crippen LogP contribution is 2.15. The maximum Gasteiger partial charge on any atom is 0.119 e. The fourth-order valence-corrected chi connectivity index (χ4v) is 1.88. The molecule has 2 aromatic rings. The molecule has 19 heavy (non-hydrogen) atoms. The zero-order valence-corrected chi connectivity index (χ0v) is 12.1. The van der Waals surface area contributed by atoms with E-state index in [9.17, 15) is 0 Å². The molecule has 0 saturated carbocycles. The fraction of sp³-hybridized carbons (Fsp3) is 0.200. The lowest BCUT2D eigenvalue weighted by molar-refractivity contribution is 0.313. The summed E-state index contributed by atoms with van der Waals surface area (Å²) in [6, 6.07) is 15.0. The first-order chi connectivity index (χ1) is 9.24. The molecule has 0 spiro atoms. The standard InChI is InChI=1S/C15H16BrNO2/c16-13-3-7-15(8-4-13)19-10-9-17-11-12-1-5-14(18)6-2-12/h1-8,17-18H,9-11H2. The smallest absolute Gasteiger partial charge is 0.119 e. The number of aromatic hydroxyl groups is 1. The average Bonchev–Trinajstić information content (AvgIpc) is 2.43. The van der Waals surface area contributed by atoms with Gasteiger partial charge in [0.25, 0.3) is 0 Å². The first-order valence-electron chi connectivity index (χ1n) is 6.11. The Labute approximate surface area is 121 Å². The lowest BCUT2D eigenvalue weighted by atomic mass is 10.2. The van der Waals surface area contributed by atoms with E-state index in [2.05, 4.69) is 21.2 Å². The molecule has 0 radical (unpaired) electrons. The zero-order chi connectivity index (χ0) is 13.5. The fourth-order valence-electron chi connectivity index (χ4n) is 1.62. The highest BCUT2D eigenvalue weighted by Gasteiger charge is 1.95. The van der Waals surface area contributed by atoms with Crippen LogP contribution in [0.2, 0.25) is 0 Å². The third kappa shape index (κ3) is 4.93. The van der Waals surface area contributed by atoms with Crippen LogP contribution in [0.3, 0.4) is 0 Å². The second-order valence-electron chi connectivity index (χ2n) is 4.15. The monoisotopic (exact) mass is 321 g/mol. The predicted molar refractivity (Wildman–Crippen MR) is 79.5 cm³/mol. The van der Waals surface area contributed by atoms with Gasteiger partial charge in [-0.2, -0.15) is 0 Å². The summed E-state index contributed by atoms with van der Waals surface area (Å²) in [6.07, 6.45) is 0. The maximum atomic E-state index is 9.17. The summed E-state index contributed by atoms with van der Waals surface area (Å²) in [5, 5.41) is 12.5. The topological polar surface area (TPSA) is 41.5 Å². The van der Waals surface area contributed by atoms with Crippen molar-refractivity contribution in [2.45, 2.75) is 6.54 Å². The quantitative estimate of drug-likeness (QED) is 0.802. The van der Waals surface area contributed by atoms with Gasteiger partial charge in [-0.05, 0) is 42.0 Å². The Morgan fingerprint density at radius 1 is 1.00 bits per heavy atom. The van der Waals surface area contributed by atoms with Gasteiger partial charge in [0.2, 0.25) is 0 Å². The summed E-state index contributed by atoms with van der Waals surface area (Å²) in [7, 11) is 0. The third-order valence-electron chi connectivity index (χ3n) is 2.63. The van der Waals surface area contributed by atoms with Gasteiger partial charge in [0.15, 0.2) is 0 Å². The molecule has 0 saturated heterocycles. The van der Waals surface area contributed by atoms with Crippen molar-refractivity contribution >= 4 is 15.9 Å². The molecule has 0 atom stereocenters.